The van der Waals surface area contributed by atoms with E-state index in [0.29, 0.717) is 24.6 Å². The third-order valence-electron chi connectivity index (χ3n) is 4.16. The lowest BCUT2D eigenvalue weighted by Crippen LogP contribution is -2.29. The Balaban J connectivity index is 1.55. The van der Waals surface area contributed by atoms with Crippen LogP contribution in [0.4, 0.5) is 0 Å². The molecule has 1 N–H and O–H groups in total. The first-order valence-corrected chi connectivity index (χ1v) is 8.74. The van der Waals surface area contributed by atoms with E-state index >= 15 is 0 Å². The number of ether oxygens (including phenoxy) is 2. The molecule has 3 aromatic rings. The Morgan fingerprint density at radius 3 is 2.67 bits per heavy atom. The molecule has 0 fully saturated rings. The molecule has 27 heavy (non-hydrogen) atoms. The molecule has 0 aliphatic carbocycles. The number of aryl methyl sites for hydroxylation is 1. The number of carbonyl (C=O) groups is 1. The van der Waals surface area contributed by atoms with Gasteiger partial charge in [0.15, 0.2) is 18.1 Å². The summed E-state index contributed by atoms with van der Waals surface area (Å²) in [5, 5.41) is 7.13. The highest BCUT2D eigenvalue weighted by Crippen LogP contribution is 2.27. The van der Waals surface area contributed by atoms with Crippen molar-refractivity contribution in [1.82, 2.24) is 15.1 Å². The molecule has 0 unspecified atom stereocenters. The van der Waals surface area contributed by atoms with Crippen molar-refractivity contribution in [3.05, 3.63) is 77.6 Å². The second-order valence-corrected chi connectivity index (χ2v) is 6.19. The molecule has 0 spiro atoms. The van der Waals surface area contributed by atoms with Crippen molar-refractivity contribution in [2.24, 2.45) is 0 Å². The molecular formula is C21H23N3O3. The number of nitrogens with zero attached hydrogens (tertiary/aromatic N) is 2. The summed E-state index contributed by atoms with van der Waals surface area (Å²) in [6, 6.07) is 15.5. The van der Waals surface area contributed by atoms with Gasteiger partial charge in [-0.05, 0) is 41.8 Å². The fourth-order valence-electron chi connectivity index (χ4n) is 2.73. The lowest BCUT2D eigenvalue weighted by Gasteiger charge is -2.13. The number of rotatable bonds is 8. The first-order valence-electron chi connectivity index (χ1n) is 8.74. The average Bonchev–Trinajstić information content (AvgIpc) is 3.19. The van der Waals surface area contributed by atoms with E-state index in [4.69, 9.17) is 9.47 Å². The first-order chi connectivity index (χ1) is 13.2. The van der Waals surface area contributed by atoms with E-state index in [-0.39, 0.29) is 12.5 Å². The fraction of sp³-hybridized carbons (Fsp3) is 0.238. The molecule has 3 rings (SSSR count). The standard InChI is InChI=1S/C21H23N3O3/c1-16-8-9-19(20(12-16)26-2)27-15-21(25)22-13-17-6-3-4-7-18(17)14-24-11-5-10-23-24/h3-12H,13-15H2,1-2H3,(H,22,25). The number of carbonyl (C=O) groups excluding carboxylic acids is 1. The van der Waals surface area contributed by atoms with Crippen molar-refractivity contribution < 1.29 is 14.3 Å². The van der Waals surface area contributed by atoms with Gasteiger partial charge in [0, 0.05) is 18.9 Å². The molecule has 6 nitrogen and oxygen atoms in total. The van der Waals surface area contributed by atoms with Gasteiger partial charge in [0.2, 0.25) is 0 Å². The number of hydrogen-bond donors (Lipinski definition) is 1. The van der Waals surface area contributed by atoms with Crippen molar-refractivity contribution in [3.63, 3.8) is 0 Å². The number of hydrogen-bond acceptors (Lipinski definition) is 4. The van der Waals surface area contributed by atoms with Crippen molar-refractivity contribution in [2.75, 3.05) is 13.7 Å². The monoisotopic (exact) mass is 365 g/mol. The highest BCUT2D eigenvalue weighted by Gasteiger charge is 2.09. The van der Waals surface area contributed by atoms with Gasteiger partial charge in [-0.25, -0.2) is 0 Å². The van der Waals surface area contributed by atoms with Gasteiger partial charge in [0.05, 0.1) is 13.7 Å². The summed E-state index contributed by atoms with van der Waals surface area (Å²) in [5.74, 6) is 0.983. The van der Waals surface area contributed by atoms with Crippen LogP contribution >= 0.6 is 0 Å². The van der Waals surface area contributed by atoms with E-state index in [1.165, 1.54) is 0 Å². The van der Waals surface area contributed by atoms with Crippen LogP contribution in [0, 0.1) is 6.92 Å². The van der Waals surface area contributed by atoms with Crippen molar-refractivity contribution in [1.29, 1.82) is 0 Å². The van der Waals surface area contributed by atoms with Gasteiger partial charge in [-0.3, -0.25) is 9.48 Å². The third-order valence-corrected chi connectivity index (χ3v) is 4.16. The smallest absolute Gasteiger partial charge is 0.258 e. The molecule has 0 aliphatic rings. The number of methoxy groups -OCH3 is 1. The van der Waals surface area contributed by atoms with Crippen LogP contribution in [-0.2, 0) is 17.9 Å². The van der Waals surface area contributed by atoms with Gasteiger partial charge in [-0.1, -0.05) is 30.3 Å². The summed E-state index contributed by atoms with van der Waals surface area (Å²) in [7, 11) is 1.58. The Morgan fingerprint density at radius 1 is 1.11 bits per heavy atom. The number of aromatic nitrogens is 2. The lowest BCUT2D eigenvalue weighted by atomic mass is 10.1. The molecule has 0 radical (unpaired) electrons. The second-order valence-electron chi connectivity index (χ2n) is 6.19. The van der Waals surface area contributed by atoms with Gasteiger partial charge in [0.1, 0.15) is 0 Å². The zero-order valence-corrected chi connectivity index (χ0v) is 15.5. The summed E-state index contributed by atoms with van der Waals surface area (Å²) < 4.78 is 12.7. The topological polar surface area (TPSA) is 65.4 Å². The van der Waals surface area contributed by atoms with Gasteiger partial charge >= 0.3 is 0 Å². The quantitative estimate of drug-likeness (QED) is 0.667. The van der Waals surface area contributed by atoms with E-state index < -0.39 is 0 Å². The highest BCUT2D eigenvalue weighted by atomic mass is 16.5. The Morgan fingerprint density at radius 2 is 1.93 bits per heavy atom. The second kappa shape index (κ2) is 8.89. The van der Waals surface area contributed by atoms with Crippen LogP contribution in [-0.4, -0.2) is 29.4 Å². The zero-order valence-electron chi connectivity index (χ0n) is 15.5. The maximum atomic E-state index is 12.2. The largest absolute Gasteiger partial charge is 0.493 e. The van der Waals surface area contributed by atoms with Gasteiger partial charge in [-0.2, -0.15) is 5.10 Å². The highest BCUT2D eigenvalue weighted by molar-refractivity contribution is 5.77. The van der Waals surface area contributed by atoms with Crippen LogP contribution < -0.4 is 14.8 Å². The van der Waals surface area contributed by atoms with Crippen molar-refractivity contribution >= 4 is 5.91 Å². The summed E-state index contributed by atoms with van der Waals surface area (Å²) in [4.78, 5) is 12.2. The maximum absolute atomic E-state index is 12.2. The molecular weight excluding hydrogens is 342 g/mol. The van der Waals surface area contributed by atoms with Gasteiger partial charge in [0.25, 0.3) is 5.91 Å². The van der Waals surface area contributed by atoms with Crippen LogP contribution in [0.25, 0.3) is 0 Å². The van der Waals surface area contributed by atoms with Crippen LogP contribution in [0.5, 0.6) is 11.5 Å². The van der Waals surface area contributed by atoms with Crippen molar-refractivity contribution in [2.45, 2.75) is 20.0 Å². The minimum Gasteiger partial charge on any atom is -0.493 e. The lowest BCUT2D eigenvalue weighted by molar-refractivity contribution is -0.123. The number of benzene rings is 2. The summed E-state index contributed by atoms with van der Waals surface area (Å²) in [6.07, 6.45) is 3.67. The summed E-state index contributed by atoms with van der Waals surface area (Å²) in [5.41, 5.74) is 3.23. The Kier molecular flexibility index (Phi) is 6.10. The van der Waals surface area contributed by atoms with E-state index in [1.807, 2.05) is 60.3 Å². The van der Waals surface area contributed by atoms with Crippen LogP contribution in [0.3, 0.4) is 0 Å². The van der Waals surface area contributed by atoms with E-state index in [9.17, 15) is 4.79 Å². The summed E-state index contributed by atoms with van der Waals surface area (Å²) >= 11 is 0. The van der Waals surface area contributed by atoms with Crippen molar-refractivity contribution in [3.8, 4) is 11.5 Å². The molecule has 0 saturated carbocycles. The number of nitrogens with one attached hydrogen (secondary N) is 1. The predicted molar refractivity (Wildman–Crippen MR) is 103 cm³/mol. The van der Waals surface area contributed by atoms with Gasteiger partial charge in [-0.15, -0.1) is 0 Å². The number of amides is 1. The Hall–Kier alpha value is -3.28. The fourth-order valence-corrected chi connectivity index (χ4v) is 2.73. The molecule has 0 aliphatic heterocycles. The normalized spacial score (nSPS) is 10.4. The van der Waals surface area contributed by atoms with E-state index in [1.54, 1.807) is 19.4 Å². The molecule has 140 valence electrons. The Labute approximate surface area is 158 Å². The third kappa shape index (κ3) is 5.10. The zero-order chi connectivity index (χ0) is 19.1. The molecule has 1 aromatic heterocycles. The predicted octanol–water partition coefficient (Wildman–Crippen LogP) is 2.94. The Bertz CT molecular complexity index is 891. The molecule has 0 saturated heterocycles. The van der Waals surface area contributed by atoms with Crippen LogP contribution in [0.1, 0.15) is 16.7 Å². The van der Waals surface area contributed by atoms with Crippen LogP contribution in [0.2, 0.25) is 0 Å². The SMILES string of the molecule is COc1cc(C)ccc1OCC(=O)NCc1ccccc1Cn1cccn1. The molecule has 2 aromatic carbocycles. The van der Waals surface area contributed by atoms with E-state index in [0.717, 1.165) is 16.7 Å². The molecule has 0 atom stereocenters. The molecule has 6 heteroatoms. The maximum Gasteiger partial charge on any atom is 0.258 e. The molecule has 0 bridgehead atoms. The minimum absolute atomic E-state index is 0.0687. The molecule has 1 amide bonds. The molecule has 1 heterocycles. The van der Waals surface area contributed by atoms with Gasteiger partial charge < -0.3 is 14.8 Å². The summed E-state index contributed by atoms with van der Waals surface area (Å²) in [6.45, 7) is 3.00. The minimum atomic E-state index is -0.188. The first kappa shape index (κ1) is 18.5. The van der Waals surface area contributed by atoms with E-state index in [2.05, 4.69) is 10.4 Å². The van der Waals surface area contributed by atoms with Crippen LogP contribution in [0.15, 0.2) is 60.9 Å². The average molecular weight is 365 g/mol.